The van der Waals surface area contributed by atoms with Crippen LogP contribution in [0.3, 0.4) is 0 Å². The molecular formula is C16H19N3O. The number of rotatable bonds is 1. The number of likely N-dealkylation sites (tertiary alicyclic amines) is 1. The molecule has 2 aliphatic heterocycles. The molecule has 1 saturated heterocycles. The van der Waals surface area contributed by atoms with Crippen molar-refractivity contribution in [1.29, 1.82) is 5.26 Å². The van der Waals surface area contributed by atoms with Crippen LogP contribution in [0, 0.1) is 11.3 Å². The molecule has 2 heterocycles. The Hall–Kier alpha value is -1.86. The first kappa shape index (κ1) is 13.1. The normalized spacial score (nSPS) is 20.8. The smallest absolute Gasteiger partial charge is 0.235 e. The van der Waals surface area contributed by atoms with Crippen molar-refractivity contribution in [3.63, 3.8) is 0 Å². The number of nitrogens with zero attached hydrogens (tertiary/aromatic N) is 2. The largest absolute Gasteiger partial charge is 0.325 e. The lowest BCUT2D eigenvalue weighted by molar-refractivity contribution is -0.122. The van der Waals surface area contributed by atoms with E-state index in [1.165, 1.54) is 0 Å². The van der Waals surface area contributed by atoms with Gasteiger partial charge < -0.3 is 10.2 Å². The molecule has 1 aromatic carbocycles. The van der Waals surface area contributed by atoms with Crippen molar-refractivity contribution in [2.24, 2.45) is 0 Å². The van der Waals surface area contributed by atoms with E-state index in [4.69, 9.17) is 5.26 Å². The lowest BCUT2D eigenvalue weighted by Gasteiger charge is -2.39. The second-order valence-electron chi connectivity index (χ2n) is 6.04. The Morgan fingerprint density at radius 1 is 1.35 bits per heavy atom. The van der Waals surface area contributed by atoms with Crippen LogP contribution in [0.15, 0.2) is 18.2 Å². The highest BCUT2D eigenvalue weighted by Gasteiger charge is 2.48. The molecule has 1 aromatic rings. The Labute approximate surface area is 119 Å². The lowest BCUT2D eigenvalue weighted by Crippen LogP contribution is -2.48. The summed E-state index contributed by atoms with van der Waals surface area (Å²) >= 11 is 0. The molecule has 0 atom stereocenters. The highest BCUT2D eigenvalue weighted by atomic mass is 16.2. The van der Waals surface area contributed by atoms with Crippen LogP contribution in [0.2, 0.25) is 0 Å². The van der Waals surface area contributed by atoms with E-state index in [1.54, 1.807) is 6.07 Å². The zero-order valence-electron chi connectivity index (χ0n) is 11.9. The summed E-state index contributed by atoms with van der Waals surface area (Å²) in [4.78, 5) is 14.9. The molecule has 3 rings (SSSR count). The summed E-state index contributed by atoms with van der Waals surface area (Å²) in [5, 5.41) is 12.1. The molecule has 104 valence electrons. The maximum Gasteiger partial charge on any atom is 0.235 e. The van der Waals surface area contributed by atoms with Crippen molar-refractivity contribution in [3.05, 3.63) is 29.3 Å². The maximum atomic E-state index is 12.5. The van der Waals surface area contributed by atoms with Gasteiger partial charge >= 0.3 is 0 Å². The Bertz CT molecular complexity index is 592. The average Bonchev–Trinajstić information content (AvgIpc) is 2.72. The fourth-order valence-electron chi connectivity index (χ4n) is 3.40. The monoisotopic (exact) mass is 269 g/mol. The van der Waals surface area contributed by atoms with Crippen LogP contribution in [0.5, 0.6) is 0 Å². The van der Waals surface area contributed by atoms with E-state index in [1.807, 2.05) is 12.1 Å². The van der Waals surface area contributed by atoms with Gasteiger partial charge in [-0.25, -0.2) is 0 Å². The van der Waals surface area contributed by atoms with Gasteiger partial charge in [-0.2, -0.15) is 5.26 Å². The van der Waals surface area contributed by atoms with E-state index >= 15 is 0 Å². The van der Waals surface area contributed by atoms with Crippen molar-refractivity contribution >= 4 is 11.6 Å². The summed E-state index contributed by atoms with van der Waals surface area (Å²) in [5.41, 5.74) is 2.11. The van der Waals surface area contributed by atoms with Crippen LogP contribution in [-0.4, -0.2) is 29.9 Å². The van der Waals surface area contributed by atoms with Crippen LogP contribution >= 0.6 is 0 Å². The minimum atomic E-state index is -0.423. The number of nitriles is 1. The topological polar surface area (TPSA) is 56.1 Å². The Morgan fingerprint density at radius 2 is 2.05 bits per heavy atom. The quantitative estimate of drug-likeness (QED) is 0.850. The fourth-order valence-corrected chi connectivity index (χ4v) is 3.40. The fraction of sp³-hybridized carbons (Fsp3) is 0.500. The summed E-state index contributed by atoms with van der Waals surface area (Å²) in [7, 11) is 0. The number of carbonyl (C=O) groups excluding carboxylic acids is 1. The molecule has 0 bridgehead atoms. The predicted octanol–water partition coefficient (Wildman–Crippen LogP) is 2.25. The molecule has 2 aliphatic rings. The summed E-state index contributed by atoms with van der Waals surface area (Å²) in [6.45, 7) is 6.24. The molecular weight excluding hydrogens is 250 g/mol. The number of carbonyl (C=O) groups is 1. The van der Waals surface area contributed by atoms with Gasteiger partial charge in [0.05, 0.1) is 17.0 Å². The molecule has 1 spiro atoms. The van der Waals surface area contributed by atoms with Crippen molar-refractivity contribution in [2.75, 3.05) is 18.4 Å². The average molecular weight is 269 g/mol. The molecule has 0 radical (unpaired) electrons. The van der Waals surface area contributed by atoms with Gasteiger partial charge in [-0.15, -0.1) is 0 Å². The zero-order valence-corrected chi connectivity index (χ0v) is 11.9. The van der Waals surface area contributed by atoms with E-state index in [-0.39, 0.29) is 5.91 Å². The summed E-state index contributed by atoms with van der Waals surface area (Å²) in [6.07, 6.45) is 1.66. The van der Waals surface area contributed by atoms with E-state index in [9.17, 15) is 4.79 Å². The minimum absolute atomic E-state index is 0.103. The third-order valence-electron chi connectivity index (χ3n) is 4.73. The highest BCUT2D eigenvalue weighted by Crippen LogP contribution is 2.45. The van der Waals surface area contributed by atoms with Crippen LogP contribution in [0.1, 0.15) is 37.8 Å². The molecule has 1 amide bonds. The van der Waals surface area contributed by atoms with Gasteiger partial charge in [-0.05, 0) is 63.5 Å². The van der Waals surface area contributed by atoms with Gasteiger partial charge in [-0.1, -0.05) is 0 Å². The van der Waals surface area contributed by atoms with Crippen LogP contribution in [-0.2, 0) is 10.2 Å². The van der Waals surface area contributed by atoms with Gasteiger partial charge in [-0.3, -0.25) is 4.79 Å². The highest BCUT2D eigenvalue weighted by molar-refractivity contribution is 6.06. The molecule has 1 fully saturated rings. The van der Waals surface area contributed by atoms with E-state index in [0.29, 0.717) is 11.6 Å². The first-order valence-electron chi connectivity index (χ1n) is 7.17. The summed E-state index contributed by atoms with van der Waals surface area (Å²) in [6, 6.07) is 8.20. The zero-order chi connectivity index (χ0) is 14.3. The third-order valence-corrected chi connectivity index (χ3v) is 4.73. The number of amides is 1. The van der Waals surface area contributed by atoms with Gasteiger partial charge in [0.25, 0.3) is 0 Å². The van der Waals surface area contributed by atoms with Gasteiger partial charge in [0.1, 0.15) is 0 Å². The third kappa shape index (κ3) is 1.82. The van der Waals surface area contributed by atoms with Gasteiger partial charge in [0.15, 0.2) is 0 Å². The number of benzene rings is 1. The minimum Gasteiger partial charge on any atom is -0.325 e. The van der Waals surface area contributed by atoms with Gasteiger partial charge in [0, 0.05) is 11.7 Å². The number of hydrogen-bond acceptors (Lipinski definition) is 3. The molecule has 0 unspecified atom stereocenters. The second kappa shape index (κ2) is 4.60. The first-order chi connectivity index (χ1) is 9.56. The molecule has 0 aliphatic carbocycles. The Morgan fingerprint density at radius 3 is 2.65 bits per heavy atom. The number of nitrogens with one attached hydrogen (secondary N) is 1. The van der Waals surface area contributed by atoms with Crippen molar-refractivity contribution < 1.29 is 4.79 Å². The maximum absolute atomic E-state index is 12.5. The summed E-state index contributed by atoms with van der Waals surface area (Å²) in [5.74, 6) is 0.103. The molecule has 20 heavy (non-hydrogen) atoms. The molecule has 4 heteroatoms. The van der Waals surface area contributed by atoms with Crippen molar-refractivity contribution in [2.45, 2.75) is 38.1 Å². The van der Waals surface area contributed by atoms with Crippen LogP contribution in [0.25, 0.3) is 0 Å². The molecule has 1 N–H and O–H groups in total. The van der Waals surface area contributed by atoms with E-state index in [2.05, 4.69) is 30.1 Å². The lowest BCUT2D eigenvalue weighted by atomic mass is 9.73. The van der Waals surface area contributed by atoms with Crippen molar-refractivity contribution in [3.8, 4) is 6.07 Å². The number of anilines is 1. The van der Waals surface area contributed by atoms with Crippen molar-refractivity contribution in [1.82, 2.24) is 4.90 Å². The van der Waals surface area contributed by atoms with Gasteiger partial charge in [0.2, 0.25) is 5.91 Å². The number of fused-ring (bicyclic) bond motifs is 2. The molecule has 0 saturated carbocycles. The van der Waals surface area contributed by atoms with Crippen LogP contribution in [0.4, 0.5) is 5.69 Å². The first-order valence-corrected chi connectivity index (χ1v) is 7.17. The molecule has 0 aromatic heterocycles. The number of hydrogen-bond donors (Lipinski definition) is 1. The predicted molar refractivity (Wildman–Crippen MR) is 77.4 cm³/mol. The van der Waals surface area contributed by atoms with E-state index < -0.39 is 5.41 Å². The second-order valence-corrected chi connectivity index (χ2v) is 6.04. The standard InChI is InChI=1S/C16H19N3O/c1-11(2)19-7-5-16(6-8-19)13-9-12(10-17)3-4-14(13)18-15(16)20/h3-4,9,11H,5-8H2,1-2H3,(H,18,20). The Kier molecular flexibility index (Phi) is 3.02. The Balaban J connectivity index is 1.96. The molecule has 4 nitrogen and oxygen atoms in total. The van der Waals surface area contributed by atoms with Crippen LogP contribution < -0.4 is 5.32 Å². The SMILES string of the molecule is CC(C)N1CCC2(CC1)C(=O)Nc1ccc(C#N)cc12. The summed E-state index contributed by atoms with van der Waals surface area (Å²) < 4.78 is 0. The number of piperidine rings is 1. The van der Waals surface area contributed by atoms with E-state index in [0.717, 1.165) is 37.2 Å².